The number of benzene rings is 2. The summed E-state index contributed by atoms with van der Waals surface area (Å²) in [7, 11) is 0. The number of nitrogens with zero attached hydrogens (tertiary/aromatic N) is 3. The number of hydrogen-bond donors (Lipinski definition) is 2. The fourth-order valence-corrected chi connectivity index (χ4v) is 5.69. The topological polar surface area (TPSA) is 89.0 Å². The third kappa shape index (κ3) is 4.68. The van der Waals surface area contributed by atoms with Gasteiger partial charge in [-0.1, -0.05) is 12.1 Å². The van der Waals surface area contributed by atoms with Crippen molar-refractivity contribution < 1.29 is 9.53 Å². The van der Waals surface area contributed by atoms with Crippen LogP contribution in [0.15, 0.2) is 53.9 Å². The molecule has 0 fully saturated rings. The van der Waals surface area contributed by atoms with Gasteiger partial charge in [-0.25, -0.2) is 4.98 Å². The Morgan fingerprint density at radius 1 is 0.972 bits per heavy atom. The van der Waals surface area contributed by atoms with Gasteiger partial charge in [-0.3, -0.25) is 4.79 Å². The quantitative estimate of drug-likeness (QED) is 0.360. The number of carbonyl (C=O) groups is 1. The van der Waals surface area contributed by atoms with E-state index in [1.807, 2.05) is 29.6 Å². The highest BCUT2D eigenvalue weighted by Crippen LogP contribution is 2.36. The van der Waals surface area contributed by atoms with Crippen LogP contribution < -0.4 is 15.4 Å². The number of carbonyl (C=O) groups excluding carboxylic acids is 1. The van der Waals surface area contributed by atoms with E-state index in [0.29, 0.717) is 12.4 Å². The van der Waals surface area contributed by atoms with Crippen LogP contribution in [0.4, 0.5) is 10.9 Å². The summed E-state index contributed by atoms with van der Waals surface area (Å²) in [6.45, 7) is 2.13. The molecule has 0 saturated heterocycles. The van der Waals surface area contributed by atoms with E-state index in [2.05, 4.69) is 45.1 Å². The predicted molar refractivity (Wildman–Crippen MR) is 142 cm³/mol. The molecule has 1 atom stereocenters. The number of nitrogens with one attached hydrogen (secondary N) is 2. The fraction of sp³-hybridized carbons (Fsp3) is 0.286. The molecule has 0 saturated carbocycles. The molecule has 6 rings (SSSR count). The summed E-state index contributed by atoms with van der Waals surface area (Å²) in [5.74, 6) is 1.42. The molecule has 0 radical (unpaired) electrons. The van der Waals surface area contributed by atoms with E-state index in [0.717, 1.165) is 51.8 Å². The minimum atomic E-state index is -0.0497. The van der Waals surface area contributed by atoms with Gasteiger partial charge in [0.15, 0.2) is 10.9 Å². The van der Waals surface area contributed by atoms with Gasteiger partial charge >= 0.3 is 0 Å². The van der Waals surface area contributed by atoms with Crippen LogP contribution in [0.1, 0.15) is 48.9 Å². The Hall–Kier alpha value is -3.78. The second kappa shape index (κ2) is 9.70. The number of thiazole rings is 1. The highest BCUT2D eigenvalue weighted by atomic mass is 32.1. The lowest BCUT2D eigenvalue weighted by molar-refractivity contribution is -0.119. The zero-order valence-corrected chi connectivity index (χ0v) is 20.9. The van der Waals surface area contributed by atoms with Crippen molar-refractivity contribution in [1.82, 2.24) is 20.5 Å². The van der Waals surface area contributed by atoms with Crippen LogP contribution >= 0.6 is 11.3 Å². The molecule has 1 aliphatic carbocycles. The maximum Gasteiger partial charge on any atom is 0.217 e. The molecule has 2 aromatic heterocycles. The number of aryl methyl sites for hydroxylation is 2. The number of anilines is 2. The lowest BCUT2D eigenvalue weighted by Crippen LogP contribution is -2.30. The first-order valence-corrected chi connectivity index (χ1v) is 13.2. The number of fused-ring (bicyclic) bond motifs is 2. The van der Waals surface area contributed by atoms with E-state index in [1.165, 1.54) is 41.7 Å². The van der Waals surface area contributed by atoms with Crippen molar-refractivity contribution in [2.24, 2.45) is 0 Å². The summed E-state index contributed by atoms with van der Waals surface area (Å²) in [4.78, 5) is 16.4. The molecule has 182 valence electrons. The Kier molecular flexibility index (Phi) is 6.11. The van der Waals surface area contributed by atoms with Crippen molar-refractivity contribution >= 4 is 28.2 Å². The standard InChI is InChI=1S/C28H27N5O2S/c1-17(34)29-24-12-13-35-26-10-8-21(15-22(24)26)25-16-36-28(30-25)31-27-11-9-23(32-33-27)20-7-6-18-4-2-3-5-19(18)14-20/h6-11,14-16,24H,2-5,12-13H2,1H3,(H,29,34)(H,30,31,33). The van der Waals surface area contributed by atoms with Crippen LogP contribution in [-0.4, -0.2) is 27.7 Å². The minimum absolute atomic E-state index is 0.0443. The van der Waals surface area contributed by atoms with Gasteiger partial charge in [-0.15, -0.1) is 21.5 Å². The van der Waals surface area contributed by atoms with Crippen molar-refractivity contribution in [2.45, 2.75) is 45.1 Å². The van der Waals surface area contributed by atoms with Gasteiger partial charge < -0.3 is 15.4 Å². The van der Waals surface area contributed by atoms with Crippen molar-refractivity contribution in [1.29, 1.82) is 0 Å². The smallest absolute Gasteiger partial charge is 0.217 e. The van der Waals surface area contributed by atoms with Crippen molar-refractivity contribution in [3.63, 3.8) is 0 Å². The molecular weight excluding hydrogens is 470 g/mol. The number of rotatable bonds is 5. The maximum absolute atomic E-state index is 11.6. The fourth-order valence-electron chi connectivity index (χ4n) is 4.97. The monoisotopic (exact) mass is 497 g/mol. The normalized spacial score (nSPS) is 16.4. The minimum Gasteiger partial charge on any atom is -0.493 e. The van der Waals surface area contributed by atoms with E-state index >= 15 is 0 Å². The highest BCUT2D eigenvalue weighted by molar-refractivity contribution is 7.14. The van der Waals surface area contributed by atoms with Crippen LogP contribution in [0.5, 0.6) is 5.75 Å². The SMILES string of the molecule is CC(=O)NC1CCOc2ccc(-c3csc(Nc4ccc(-c5ccc6c(c5)CCCC6)nn4)n3)cc21. The van der Waals surface area contributed by atoms with Crippen LogP contribution in [0.2, 0.25) is 0 Å². The Bertz CT molecular complexity index is 1420. The van der Waals surface area contributed by atoms with Crippen molar-refractivity contribution in [3.8, 4) is 28.3 Å². The molecule has 8 heteroatoms. The molecule has 0 bridgehead atoms. The van der Waals surface area contributed by atoms with E-state index in [4.69, 9.17) is 9.72 Å². The van der Waals surface area contributed by atoms with Gasteiger partial charge in [0, 0.05) is 35.4 Å². The Morgan fingerprint density at radius 2 is 1.81 bits per heavy atom. The zero-order valence-electron chi connectivity index (χ0n) is 20.1. The molecule has 1 aliphatic heterocycles. The average molecular weight is 498 g/mol. The summed E-state index contributed by atoms with van der Waals surface area (Å²) in [5, 5.41) is 17.9. The van der Waals surface area contributed by atoms with E-state index < -0.39 is 0 Å². The molecule has 1 unspecified atom stereocenters. The van der Waals surface area contributed by atoms with Gasteiger partial charge in [-0.05, 0) is 73.2 Å². The average Bonchev–Trinajstić information content (AvgIpc) is 3.37. The maximum atomic E-state index is 11.6. The number of aromatic nitrogens is 3. The molecule has 2 N–H and O–H groups in total. The Morgan fingerprint density at radius 3 is 2.64 bits per heavy atom. The summed E-state index contributed by atoms with van der Waals surface area (Å²) in [6.07, 6.45) is 5.61. The van der Waals surface area contributed by atoms with Gasteiger partial charge in [0.2, 0.25) is 5.91 Å². The first-order valence-electron chi connectivity index (χ1n) is 12.3. The lowest BCUT2D eigenvalue weighted by Gasteiger charge is -2.26. The zero-order chi connectivity index (χ0) is 24.5. The molecule has 0 spiro atoms. The largest absolute Gasteiger partial charge is 0.493 e. The van der Waals surface area contributed by atoms with Gasteiger partial charge in [0.05, 0.1) is 24.0 Å². The summed E-state index contributed by atoms with van der Waals surface area (Å²) >= 11 is 1.51. The van der Waals surface area contributed by atoms with E-state index in [1.54, 1.807) is 6.92 Å². The van der Waals surface area contributed by atoms with Crippen molar-refractivity contribution in [3.05, 3.63) is 70.6 Å². The van der Waals surface area contributed by atoms with Gasteiger partial charge in [-0.2, -0.15) is 0 Å². The number of amides is 1. The molecule has 2 aromatic carbocycles. The van der Waals surface area contributed by atoms with E-state index in [-0.39, 0.29) is 11.9 Å². The predicted octanol–water partition coefficient (Wildman–Crippen LogP) is 5.85. The molecule has 4 aromatic rings. The van der Waals surface area contributed by atoms with Crippen LogP contribution in [0.25, 0.3) is 22.5 Å². The second-order valence-electron chi connectivity index (χ2n) is 9.30. The van der Waals surface area contributed by atoms with Crippen LogP contribution in [0, 0.1) is 0 Å². The first-order chi connectivity index (χ1) is 17.6. The first kappa shape index (κ1) is 22.7. The Labute approximate surface area is 214 Å². The molecule has 3 heterocycles. The molecule has 36 heavy (non-hydrogen) atoms. The molecule has 7 nitrogen and oxygen atoms in total. The molecular formula is C28H27N5O2S. The summed E-state index contributed by atoms with van der Waals surface area (Å²) in [6, 6.07) is 16.6. The summed E-state index contributed by atoms with van der Waals surface area (Å²) in [5.41, 5.74) is 7.71. The number of ether oxygens (including phenoxy) is 1. The van der Waals surface area contributed by atoms with E-state index in [9.17, 15) is 4.79 Å². The van der Waals surface area contributed by atoms with Crippen LogP contribution in [-0.2, 0) is 17.6 Å². The lowest BCUT2D eigenvalue weighted by atomic mass is 9.90. The highest BCUT2D eigenvalue weighted by Gasteiger charge is 2.23. The Balaban J connectivity index is 1.18. The third-order valence-electron chi connectivity index (χ3n) is 6.77. The third-order valence-corrected chi connectivity index (χ3v) is 7.53. The molecule has 2 aliphatic rings. The van der Waals surface area contributed by atoms with Gasteiger partial charge in [0.25, 0.3) is 0 Å². The van der Waals surface area contributed by atoms with Crippen LogP contribution in [0.3, 0.4) is 0 Å². The summed E-state index contributed by atoms with van der Waals surface area (Å²) < 4.78 is 5.78. The van der Waals surface area contributed by atoms with Crippen molar-refractivity contribution in [2.75, 3.05) is 11.9 Å². The second-order valence-corrected chi connectivity index (χ2v) is 10.2. The number of hydrogen-bond acceptors (Lipinski definition) is 7. The molecule has 1 amide bonds. The van der Waals surface area contributed by atoms with Gasteiger partial charge in [0.1, 0.15) is 5.75 Å².